The van der Waals surface area contributed by atoms with Crippen LogP contribution in [-0.4, -0.2) is 19.0 Å². The minimum Gasteiger partial charge on any atom is -0.325 e. The number of hydrogen-bond donors (Lipinski definition) is 2. The van der Waals surface area contributed by atoms with E-state index in [9.17, 15) is 18.0 Å². The summed E-state index contributed by atoms with van der Waals surface area (Å²) in [6.45, 7) is 1.78. The molecule has 2 N–H and O–H groups in total. The molecule has 1 aliphatic heterocycles. The van der Waals surface area contributed by atoms with Gasteiger partial charge in [0.15, 0.2) is 0 Å². The van der Waals surface area contributed by atoms with Crippen molar-refractivity contribution in [3.05, 3.63) is 28.8 Å². The van der Waals surface area contributed by atoms with E-state index in [1.165, 1.54) is 6.07 Å². The number of benzene rings is 1. The summed E-state index contributed by atoms with van der Waals surface area (Å²) >= 11 is 5.80. The Morgan fingerprint density at radius 1 is 1.33 bits per heavy atom. The predicted molar refractivity (Wildman–Crippen MR) is 75.3 cm³/mol. The first-order chi connectivity index (χ1) is 9.86. The van der Waals surface area contributed by atoms with Crippen LogP contribution >= 0.6 is 11.6 Å². The molecule has 0 unspecified atom stereocenters. The molecule has 1 amide bonds. The summed E-state index contributed by atoms with van der Waals surface area (Å²) in [6.07, 6.45) is -2.23. The lowest BCUT2D eigenvalue weighted by Gasteiger charge is -2.22. The predicted octanol–water partition coefficient (Wildman–Crippen LogP) is 3.69. The molecule has 0 aromatic heterocycles. The highest BCUT2D eigenvalue weighted by Gasteiger charge is 2.31. The van der Waals surface area contributed by atoms with E-state index >= 15 is 0 Å². The maximum Gasteiger partial charge on any atom is 0.416 e. The standard InChI is InChI=1S/C14H16ClF3N2O/c15-11-8-10(14(16,17)18)1-2-12(11)20-13(21)7-9-3-5-19-6-4-9/h1-2,8-9,19H,3-7H2,(H,20,21). The molecule has 0 spiro atoms. The Morgan fingerprint density at radius 2 is 2.00 bits per heavy atom. The van der Waals surface area contributed by atoms with Crippen LogP contribution in [0.3, 0.4) is 0 Å². The fourth-order valence-electron chi connectivity index (χ4n) is 2.34. The monoisotopic (exact) mass is 320 g/mol. The van der Waals surface area contributed by atoms with Crippen molar-refractivity contribution in [2.75, 3.05) is 18.4 Å². The molecule has 21 heavy (non-hydrogen) atoms. The molecular formula is C14H16ClF3N2O. The van der Waals surface area contributed by atoms with Crippen LogP contribution < -0.4 is 10.6 Å². The smallest absolute Gasteiger partial charge is 0.325 e. The Kier molecular flexibility index (Phi) is 5.11. The summed E-state index contributed by atoms with van der Waals surface area (Å²) in [5, 5.41) is 5.68. The van der Waals surface area contributed by atoms with Crippen molar-refractivity contribution in [1.29, 1.82) is 0 Å². The number of rotatable bonds is 3. The highest BCUT2D eigenvalue weighted by molar-refractivity contribution is 6.33. The van der Waals surface area contributed by atoms with E-state index in [1.807, 2.05) is 0 Å². The van der Waals surface area contributed by atoms with Gasteiger partial charge in [-0.2, -0.15) is 13.2 Å². The second-order valence-electron chi connectivity index (χ2n) is 5.14. The molecule has 1 aromatic rings. The number of alkyl halides is 3. The molecule has 3 nitrogen and oxygen atoms in total. The van der Waals surface area contributed by atoms with Crippen molar-refractivity contribution < 1.29 is 18.0 Å². The Balaban J connectivity index is 1.97. The van der Waals surface area contributed by atoms with Gasteiger partial charge >= 0.3 is 6.18 Å². The van der Waals surface area contributed by atoms with Gasteiger partial charge in [-0.1, -0.05) is 11.6 Å². The zero-order valence-electron chi connectivity index (χ0n) is 11.3. The van der Waals surface area contributed by atoms with Crippen LogP contribution in [0.5, 0.6) is 0 Å². The number of halogens is 4. The van der Waals surface area contributed by atoms with Gasteiger partial charge in [-0.3, -0.25) is 4.79 Å². The second-order valence-corrected chi connectivity index (χ2v) is 5.55. The van der Waals surface area contributed by atoms with Crippen LogP contribution in [0.25, 0.3) is 0 Å². The van der Waals surface area contributed by atoms with Crippen molar-refractivity contribution in [2.24, 2.45) is 5.92 Å². The van der Waals surface area contributed by atoms with Gasteiger partial charge in [0, 0.05) is 6.42 Å². The molecule has 1 heterocycles. The summed E-state index contributed by atoms with van der Waals surface area (Å²) in [5.41, 5.74) is -0.618. The van der Waals surface area contributed by atoms with Crippen molar-refractivity contribution in [2.45, 2.75) is 25.4 Å². The van der Waals surface area contributed by atoms with E-state index in [0.717, 1.165) is 38.1 Å². The average Bonchev–Trinajstić information content (AvgIpc) is 2.41. The first-order valence-electron chi connectivity index (χ1n) is 6.73. The summed E-state index contributed by atoms with van der Waals surface area (Å²) in [7, 11) is 0. The zero-order chi connectivity index (χ0) is 15.5. The zero-order valence-corrected chi connectivity index (χ0v) is 12.0. The van der Waals surface area contributed by atoms with Crippen LogP contribution in [0.4, 0.5) is 18.9 Å². The number of carbonyl (C=O) groups excluding carboxylic acids is 1. The Labute approximate surface area is 125 Å². The third kappa shape index (κ3) is 4.61. The number of anilines is 1. The number of nitrogens with one attached hydrogen (secondary N) is 2. The van der Waals surface area contributed by atoms with Gasteiger partial charge in [-0.25, -0.2) is 0 Å². The van der Waals surface area contributed by atoms with Crippen molar-refractivity contribution >= 4 is 23.2 Å². The molecule has 0 aliphatic carbocycles. The SMILES string of the molecule is O=C(CC1CCNCC1)Nc1ccc(C(F)(F)F)cc1Cl. The van der Waals surface area contributed by atoms with Crippen LogP contribution in [0.1, 0.15) is 24.8 Å². The first kappa shape index (κ1) is 16.1. The lowest BCUT2D eigenvalue weighted by Crippen LogP contribution is -2.30. The lowest BCUT2D eigenvalue weighted by atomic mass is 9.94. The van der Waals surface area contributed by atoms with Crippen LogP contribution in [0.15, 0.2) is 18.2 Å². The largest absolute Gasteiger partial charge is 0.416 e. The van der Waals surface area contributed by atoms with Gasteiger partial charge < -0.3 is 10.6 Å². The van der Waals surface area contributed by atoms with Crippen molar-refractivity contribution in [3.8, 4) is 0 Å². The molecule has 7 heteroatoms. The molecule has 0 radical (unpaired) electrons. The molecule has 1 aliphatic rings. The minimum absolute atomic E-state index is 0.108. The molecule has 0 saturated carbocycles. The van der Waals surface area contributed by atoms with E-state index in [0.29, 0.717) is 12.3 Å². The first-order valence-corrected chi connectivity index (χ1v) is 7.11. The molecule has 1 saturated heterocycles. The molecule has 0 atom stereocenters. The van der Waals surface area contributed by atoms with E-state index in [2.05, 4.69) is 10.6 Å². The third-order valence-electron chi connectivity index (χ3n) is 3.50. The number of piperidine rings is 1. The molecule has 1 fully saturated rings. The minimum atomic E-state index is -4.44. The second kappa shape index (κ2) is 6.66. The Bertz CT molecular complexity index is 513. The molecule has 0 bridgehead atoms. The summed E-state index contributed by atoms with van der Waals surface area (Å²) in [5.74, 6) is 0.0861. The van der Waals surface area contributed by atoms with Gasteiger partial charge in [0.1, 0.15) is 0 Å². The molecular weight excluding hydrogens is 305 g/mol. The van der Waals surface area contributed by atoms with E-state index in [-0.39, 0.29) is 16.6 Å². The highest BCUT2D eigenvalue weighted by atomic mass is 35.5. The summed E-state index contributed by atoms with van der Waals surface area (Å²) in [6, 6.07) is 2.92. The summed E-state index contributed by atoms with van der Waals surface area (Å²) < 4.78 is 37.6. The third-order valence-corrected chi connectivity index (χ3v) is 3.82. The highest BCUT2D eigenvalue weighted by Crippen LogP contribution is 2.33. The normalized spacial score (nSPS) is 16.8. The fourth-order valence-corrected chi connectivity index (χ4v) is 2.57. The van der Waals surface area contributed by atoms with Crippen LogP contribution in [-0.2, 0) is 11.0 Å². The van der Waals surface area contributed by atoms with Crippen molar-refractivity contribution in [1.82, 2.24) is 5.32 Å². The van der Waals surface area contributed by atoms with Gasteiger partial charge in [0.25, 0.3) is 0 Å². The van der Waals surface area contributed by atoms with Crippen LogP contribution in [0.2, 0.25) is 5.02 Å². The van der Waals surface area contributed by atoms with E-state index in [1.54, 1.807) is 0 Å². The summed E-state index contributed by atoms with van der Waals surface area (Å²) in [4.78, 5) is 11.9. The van der Waals surface area contributed by atoms with Crippen LogP contribution in [0, 0.1) is 5.92 Å². The lowest BCUT2D eigenvalue weighted by molar-refractivity contribution is -0.137. The molecule has 2 rings (SSSR count). The number of amides is 1. The van der Waals surface area contributed by atoms with Gasteiger partial charge in [-0.15, -0.1) is 0 Å². The van der Waals surface area contributed by atoms with Gasteiger partial charge in [0.2, 0.25) is 5.91 Å². The Morgan fingerprint density at radius 3 is 2.57 bits per heavy atom. The topological polar surface area (TPSA) is 41.1 Å². The average molecular weight is 321 g/mol. The quantitative estimate of drug-likeness (QED) is 0.892. The Hall–Kier alpha value is -1.27. The molecule has 116 valence electrons. The number of carbonyl (C=O) groups is 1. The van der Waals surface area contributed by atoms with Gasteiger partial charge in [-0.05, 0) is 50.0 Å². The molecule has 1 aromatic carbocycles. The van der Waals surface area contributed by atoms with E-state index < -0.39 is 11.7 Å². The van der Waals surface area contributed by atoms with Gasteiger partial charge in [0.05, 0.1) is 16.3 Å². The van der Waals surface area contributed by atoms with Crippen molar-refractivity contribution in [3.63, 3.8) is 0 Å². The van der Waals surface area contributed by atoms with E-state index in [4.69, 9.17) is 11.6 Å². The maximum absolute atomic E-state index is 12.5. The maximum atomic E-state index is 12.5. The fraction of sp³-hybridized carbons (Fsp3) is 0.500. The number of hydrogen-bond acceptors (Lipinski definition) is 2.